The van der Waals surface area contributed by atoms with E-state index in [0.717, 1.165) is 17.7 Å². The maximum absolute atomic E-state index is 6.33. The van der Waals surface area contributed by atoms with Crippen LogP contribution in [0.5, 0.6) is 5.88 Å². The van der Waals surface area contributed by atoms with Crippen molar-refractivity contribution in [3.8, 4) is 17.1 Å². The molecule has 0 saturated carbocycles. The van der Waals surface area contributed by atoms with Crippen molar-refractivity contribution in [2.45, 2.75) is 26.4 Å². The lowest BCUT2D eigenvalue weighted by Gasteiger charge is -2.11. The van der Waals surface area contributed by atoms with Crippen LogP contribution in [0.1, 0.15) is 19.4 Å². The highest BCUT2D eigenvalue weighted by Gasteiger charge is 2.10. The average molecular weight is 292 g/mol. The van der Waals surface area contributed by atoms with E-state index in [1.807, 2.05) is 18.2 Å². The molecule has 1 aromatic carbocycles. The monoisotopic (exact) mass is 291 g/mol. The van der Waals surface area contributed by atoms with Gasteiger partial charge in [0.05, 0.1) is 7.11 Å². The van der Waals surface area contributed by atoms with Crippen LogP contribution in [0.2, 0.25) is 5.02 Å². The van der Waals surface area contributed by atoms with Crippen LogP contribution >= 0.6 is 11.6 Å². The van der Waals surface area contributed by atoms with Crippen molar-refractivity contribution in [1.29, 1.82) is 0 Å². The second-order valence-corrected chi connectivity index (χ2v) is 5.16. The molecule has 4 nitrogen and oxygen atoms in total. The van der Waals surface area contributed by atoms with E-state index in [2.05, 4.69) is 29.1 Å². The van der Waals surface area contributed by atoms with Gasteiger partial charge in [-0.1, -0.05) is 37.6 Å². The highest BCUT2D eigenvalue weighted by atomic mass is 35.5. The van der Waals surface area contributed by atoms with Gasteiger partial charge < -0.3 is 10.1 Å². The SMILES string of the molecule is COc1nccnc1-c1ccc(CNC(C)C)c(Cl)c1. The molecule has 0 aliphatic heterocycles. The van der Waals surface area contributed by atoms with Crippen molar-refractivity contribution in [1.82, 2.24) is 15.3 Å². The lowest BCUT2D eigenvalue weighted by molar-refractivity contribution is 0.398. The smallest absolute Gasteiger partial charge is 0.240 e. The van der Waals surface area contributed by atoms with E-state index in [4.69, 9.17) is 16.3 Å². The first kappa shape index (κ1) is 14.8. The summed E-state index contributed by atoms with van der Waals surface area (Å²) < 4.78 is 5.22. The van der Waals surface area contributed by atoms with E-state index >= 15 is 0 Å². The van der Waals surface area contributed by atoms with Crippen LogP contribution < -0.4 is 10.1 Å². The summed E-state index contributed by atoms with van der Waals surface area (Å²) in [6.07, 6.45) is 3.24. The van der Waals surface area contributed by atoms with Gasteiger partial charge in [-0.25, -0.2) is 9.97 Å². The van der Waals surface area contributed by atoms with Crippen molar-refractivity contribution >= 4 is 11.6 Å². The van der Waals surface area contributed by atoms with E-state index < -0.39 is 0 Å². The normalized spacial score (nSPS) is 10.8. The van der Waals surface area contributed by atoms with Crippen LogP contribution in [-0.2, 0) is 6.54 Å². The molecular formula is C15H18ClN3O. The summed E-state index contributed by atoms with van der Waals surface area (Å²) >= 11 is 6.33. The summed E-state index contributed by atoms with van der Waals surface area (Å²) in [7, 11) is 1.58. The molecule has 0 atom stereocenters. The van der Waals surface area contributed by atoms with Gasteiger partial charge in [0.1, 0.15) is 5.69 Å². The minimum atomic E-state index is 0.422. The van der Waals surface area contributed by atoms with Gasteiger partial charge in [0.25, 0.3) is 0 Å². The molecule has 20 heavy (non-hydrogen) atoms. The average Bonchev–Trinajstić information content (AvgIpc) is 2.45. The Morgan fingerprint density at radius 2 is 2.00 bits per heavy atom. The van der Waals surface area contributed by atoms with E-state index in [0.29, 0.717) is 22.6 Å². The van der Waals surface area contributed by atoms with Gasteiger partial charge in [0, 0.05) is 35.6 Å². The summed E-state index contributed by atoms with van der Waals surface area (Å²) in [4.78, 5) is 8.45. The van der Waals surface area contributed by atoms with Crippen LogP contribution in [0.3, 0.4) is 0 Å². The van der Waals surface area contributed by atoms with Gasteiger partial charge >= 0.3 is 0 Å². The molecule has 0 unspecified atom stereocenters. The van der Waals surface area contributed by atoms with Gasteiger partial charge in [0.2, 0.25) is 5.88 Å². The number of nitrogens with one attached hydrogen (secondary N) is 1. The van der Waals surface area contributed by atoms with Crippen molar-refractivity contribution in [3.05, 3.63) is 41.2 Å². The summed E-state index contributed by atoms with van der Waals surface area (Å²) in [5, 5.41) is 4.06. The summed E-state index contributed by atoms with van der Waals surface area (Å²) in [5.41, 5.74) is 2.65. The Kier molecular flexibility index (Phi) is 4.93. The Morgan fingerprint density at radius 1 is 1.25 bits per heavy atom. The maximum atomic E-state index is 6.33. The predicted molar refractivity (Wildman–Crippen MR) is 81.0 cm³/mol. The number of halogens is 1. The van der Waals surface area contributed by atoms with Crippen LogP contribution in [0, 0.1) is 0 Å². The molecule has 1 heterocycles. The van der Waals surface area contributed by atoms with Crippen LogP contribution in [0.4, 0.5) is 0 Å². The first-order valence-corrected chi connectivity index (χ1v) is 6.86. The van der Waals surface area contributed by atoms with Crippen molar-refractivity contribution in [2.24, 2.45) is 0 Å². The lowest BCUT2D eigenvalue weighted by Crippen LogP contribution is -2.21. The van der Waals surface area contributed by atoms with Gasteiger partial charge in [0.15, 0.2) is 0 Å². The van der Waals surface area contributed by atoms with Gasteiger partial charge in [-0.15, -0.1) is 0 Å². The number of ether oxygens (including phenoxy) is 1. The van der Waals surface area contributed by atoms with Crippen LogP contribution in [0.25, 0.3) is 11.3 Å². The molecule has 1 aromatic heterocycles. The summed E-state index contributed by atoms with van der Waals surface area (Å²) in [6.45, 7) is 4.95. The van der Waals surface area contributed by atoms with Crippen LogP contribution in [0.15, 0.2) is 30.6 Å². The van der Waals surface area contributed by atoms with Gasteiger partial charge in [-0.3, -0.25) is 0 Å². The minimum Gasteiger partial charge on any atom is -0.479 e. The van der Waals surface area contributed by atoms with E-state index in [-0.39, 0.29) is 0 Å². The molecule has 0 bridgehead atoms. The second-order valence-electron chi connectivity index (χ2n) is 4.76. The molecular weight excluding hydrogens is 274 g/mol. The molecule has 5 heteroatoms. The van der Waals surface area contributed by atoms with E-state index in [9.17, 15) is 0 Å². The molecule has 0 radical (unpaired) electrons. The number of hydrogen-bond acceptors (Lipinski definition) is 4. The van der Waals surface area contributed by atoms with Crippen molar-refractivity contribution in [2.75, 3.05) is 7.11 Å². The first-order chi connectivity index (χ1) is 9.61. The Hall–Kier alpha value is -1.65. The third-order valence-electron chi connectivity index (χ3n) is 2.89. The van der Waals surface area contributed by atoms with Gasteiger partial charge in [-0.2, -0.15) is 0 Å². The van der Waals surface area contributed by atoms with Crippen molar-refractivity contribution < 1.29 is 4.74 Å². The summed E-state index contributed by atoms with van der Waals surface area (Å²) in [5.74, 6) is 0.497. The largest absolute Gasteiger partial charge is 0.479 e. The molecule has 0 aliphatic carbocycles. The number of rotatable bonds is 5. The Morgan fingerprint density at radius 3 is 2.65 bits per heavy atom. The maximum Gasteiger partial charge on any atom is 0.240 e. The molecule has 106 valence electrons. The van der Waals surface area contributed by atoms with E-state index in [1.165, 1.54) is 0 Å². The molecule has 0 amide bonds. The first-order valence-electron chi connectivity index (χ1n) is 6.49. The molecule has 2 rings (SSSR count). The lowest BCUT2D eigenvalue weighted by atomic mass is 10.1. The second kappa shape index (κ2) is 6.68. The number of hydrogen-bond donors (Lipinski definition) is 1. The predicted octanol–water partition coefficient (Wildman–Crippen LogP) is 3.30. The zero-order chi connectivity index (χ0) is 14.5. The molecule has 0 fully saturated rings. The van der Waals surface area contributed by atoms with E-state index in [1.54, 1.807) is 19.5 Å². The number of benzene rings is 1. The third-order valence-corrected chi connectivity index (χ3v) is 3.24. The standard InChI is InChI=1S/C15H18ClN3O/c1-10(2)19-9-12-5-4-11(8-13(12)16)14-15(20-3)18-7-6-17-14/h4-8,10,19H,9H2,1-3H3. The fourth-order valence-electron chi connectivity index (χ4n) is 1.82. The number of nitrogens with zero attached hydrogens (tertiary/aromatic N) is 2. The Balaban J connectivity index is 2.28. The number of methoxy groups -OCH3 is 1. The number of aromatic nitrogens is 2. The molecule has 1 N–H and O–H groups in total. The zero-order valence-electron chi connectivity index (χ0n) is 11.9. The van der Waals surface area contributed by atoms with Crippen molar-refractivity contribution in [3.63, 3.8) is 0 Å². The minimum absolute atomic E-state index is 0.422. The van der Waals surface area contributed by atoms with Gasteiger partial charge in [-0.05, 0) is 11.6 Å². The molecule has 0 aliphatic rings. The highest BCUT2D eigenvalue weighted by Crippen LogP contribution is 2.29. The fraction of sp³-hybridized carbons (Fsp3) is 0.333. The molecule has 0 saturated heterocycles. The summed E-state index contributed by atoms with van der Waals surface area (Å²) in [6, 6.07) is 6.30. The third kappa shape index (κ3) is 3.46. The zero-order valence-corrected chi connectivity index (χ0v) is 12.6. The molecule has 0 spiro atoms. The topological polar surface area (TPSA) is 47.0 Å². The highest BCUT2D eigenvalue weighted by molar-refractivity contribution is 6.31. The molecule has 2 aromatic rings. The van der Waals surface area contributed by atoms with Crippen LogP contribution in [-0.4, -0.2) is 23.1 Å². The Bertz CT molecular complexity index is 587. The quantitative estimate of drug-likeness (QED) is 0.918. The Labute approximate surface area is 124 Å². The fourth-order valence-corrected chi connectivity index (χ4v) is 2.07.